The fourth-order valence-corrected chi connectivity index (χ4v) is 9.32. The third kappa shape index (κ3) is 64.8. The van der Waals surface area contributed by atoms with Gasteiger partial charge in [0.15, 0.2) is 6.10 Å². The molecule has 0 N–H and O–H groups in total. The summed E-state index contributed by atoms with van der Waals surface area (Å²) >= 11 is 0. The normalized spacial score (nSPS) is 12.8. The zero-order valence-electron chi connectivity index (χ0n) is 51.9. The number of allylic oxidation sites excluding steroid dienone is 18. The van der Waals surface area contributed by atoms with Gasteiger partial charge in [0.25, 0.3) is 0 Å². The van der Waals surface area contributed by atoms with Crippen LogP contribution in [0.5, 0.6) is 0 Å². The van der Waals surface area contributed by atoms with E-state index in [1.807, 2.05) is 0 Å². The molecule has 0 rings (SSSR count). The highest BCUT2D eigenvalue weighted by molar-refractivity contribution is 5.71. The SMILES string of the molecule is CC/C=C\C/C=C\C/C=C\C/C=C\C/C=C\C/C=C\C/C=C\C/C=C\C/C=C\CCCCCCCCCC(=O)OCC(COC(=O)CCCCCCCCCC)OC(=O)CCCCCCCCCCCCCCCCCCCC. The molecule has 1 unspecified atom stereocenters. The smallest absolute Gasteiger partial charge is 0.306 e. The van der Waals surface area contributed by atoms with Crippen LogP contribution in [-0.4, -0.2) is 37.2 Å². The van der Waals surface area contributed by atoms with Crippen molar-refractivity contribution in [2.45, 2.75) is 322 Å². The van der Waals surface area contributed by atoms with Gasteiger partial charge >= 0.3 is 17.9 Å². The van der Waals surface area contributed by atoms with Crippen molar-refractivity contribution in [1.82, 2.24) is 0 Å². The van der Waals surface area contributed by atoms with Crippen LogP contribution in [0.4, 0.5) is 0 Å². The van der Waals surface area contributed by atoms with Crippen LogP contribution < -0.4 is 0 Å². The van der Waals surface area contributed by atoms with Crippen LogP contribution in [-0.2, 0) is 28.6 Å². The number of hydrogen-bond donors (Lipinski definition) is 0. The molecule has 0 saturated carbocycles. The average molecular weight is 1100 g/mol. The lowest BCUT2D eigenvalue weighted by Gasteiger charge is -2.18. The predicted molar refractivity (Wildman–Crippen MR) is 343 cm³/mol. The number of esters is 3. The van der Waals surface area contributed by atoms with Crippen LogP contribution >= 0.6 is 0 Å². The lowest BCUT2D eigenvalue weighted by molar-refractivity contribution is -0.167. The Morgan fingerprint density at radius 2 is 0.494 bits per heavy atom. The van der Waals surface area contributed by atoms with E-state index in [9.17, 15) is 14.4 Å². The van der Waals surface area contributed by atoms with Gasteiger partial charge in [-0.05, 0) is 89.9 Å². The first-order valence-electron chi connectivity index (χ1n) is 33.4. The van der Waals surface area contributed by atoms with E-state index in [0.29, 0.717) is 19.3 Å². The number of rotatable bonds is 60. The van der Waals surface area contributed by atoms with Crippen molar-refractivity contribution < 1.29 is 28.6 Å². The lowest BCUT2D eigenvalue weighted by atomic mass is 10.0. The van der Waals surface area contributed by atoms with Crippen molar-refractivity contribution >= 4 is 17.9 Å². The topological polar surface area (TPSA) is 78.9 Å². The second kappa shape index (κ2) is 66.6. The highest BCUT2D eigenvalue weighted by Gasteiger charge is 2.19. The van der Waals surface area contributed by atoms with Crippen molar-refractivity contribution in [2.75, 3.05) is 13.2 Å². The minimum absolute atomic E-state index is 0.0774. The van der Waals surface area contributed by atoms with Gasteiger partial charge in [-0.25, -0.2) is 0 Å². The predicted octanol–water partition coefficient (Wildman–Crippen LogP) is 23.0. The van der Waals surface area contributed by atoms with Gasteiger partial charge in [-0.1, -0.05) is 316 Å². The minimum atomic E-state index is -0.779. The zero-order valence-corrected chi connectivity index (χ0v) is 51.9. The van der Waals surface area contributed by atoms with Crippen molar-refractivity contribution in [3.8, 4) is 0 Å². The fourth-order valence-electron chi connectivity index (χ4n) is 9.32. The van der Waals surface area contributed by atoms with Crippen LogP contribution in [0, 0.1) is 0 Å². The van der Waals surface area contributed by atoms with Crippen LogP contribution in [0.1, 0.15) is 316 Å². The van der Waals surface area contributed by atoms with Crippen molar-refractivity contribution in [2.24, 2.45) is 0 Å². The Labute approximate surface area is 489 Å². The summed E-state index contributed by atoms with van der Waals surface area (Å²) in [6.45, 7) is 6.52. The Bertz CT molecular complexity index is 1590. The maximum atomic E-state index is 12.9. The van der Waals surface area contributed by atoms with E-state index in [-0.39, 0.29) is 31.1 Å². The van der Waals surface area contributed by atoms with Gasteiger partial charge in [0.05, 0.1) is 0 Å². The van der Waals surface area contributed by atoms with E-state index in [4.69, 9.17) is 14.2 Å². The molecule has 0 fully saturated rings. The number of ether oxygens (including phenoxy) is 3. The number of carbonyl (C=O) groups is 3. The summed E-state index contributed by atoms with van der Waals surface area (Å²) in [7, 11) is 0. The van der Waals surface area contributed by atoms with Crippen molar-refractivity contribution in [3.63, 3.8) is 0 Å². The van der Waals surface area contributed by atoms with Gasteiger partial charge < -0.3 is 14.2 Å². The van der Waals surface area contributed by atoms with Gasteiger partial charge in [0, 0.05) is 19.3 Å². The molecule has 0 saturated heterocycles. The molecule has 0 bridgehead atoms. The molecule has 0 heterocycles. The third-order valence-electron chi connectivity index (χ3n) is 14.3. The van der Waals surface area contributed by atoms with Gasteiger partial charge in [-0.15, -0.1) is 0 Å². The third-order valence-corrected chi connectivity index (χ3v) is 14.3. The molecule has 6 nitrogen and oxygen atoms in total. The summed E-state index contributed by atoms with van der Waals surface area (Å²) in [6.07, 6.45) is 91.2. The molecule has 0 spiro atoms. The second-order valence-electron chi connectivity index (χ2n) is 22.0. The summed E-state index contributed by atoms with van der Waals surface area (Å²) in [5.41, 5.74) is 0. The maximum Gasteiger partial charge on any atom is 0.306 e. The van der Waals surface area contributed by atoms with Gasteiger partial charge in [-0.3, -0.25) is 14.4 Å². The van der Waals surface area contributed by atoms with Crippen LogP contribution in [0.2, 0.25) is 0 Å². The fraction of sp³-hybridized carbons (Fsp3) is 0.712. The Morgan fingerprint density at radius 3 is 0.772 bits per heavy atom. The Balaban J connectivity index is 4.16. The van der Waals surface area contributed by atoms with E-state index < -0.39 is 6.10 Å². The van der Waals surface area contributed by atoms with E-state index in [1.165, 1.54) is 154 Å². The molecule has 0 aromatic rings. The molecule has 0 aliphatic carbocycles. The molecular weight excluding hydrogens is 973 g/mol. The van der Waals surface area contributed by atoms with Crippen LogP contribution in [0.25, 0.3) is 0 Å². The molecule has 1 atom stereocenters. The second-order valence-corrected chi connectivity index (χ2v) is 22.0. The molecule has 6 heteroatoms. The Kier molecular flexibility index (Phi) is 63.3. The average Bonchev–Trinajstić information content (AvgIpc) is 3.45. The molecule has 0 aromatic carbocycles. The zero-order chi connectivity index (χ0) is 57.1. The van der Waals surface area contributed by atoms with Gasteiger partial charge in [0.2, 0.25) is 0 Å². The standard InChI is InChI=1S/C73H124O6/c1-4-7-10-13-16-19-21-23-25-27-29-30-31-32-33-34-35-36-37-38-39-40-41-42-43-44-45-47-48-50-52-54-57-60-63-66-72(75)78-69-70(68-77-71(74)65-62-59-56-18-15-12-9-6-3)79-73(76)67-64-61-58-55-53-51-49-46-28-26-24-22-20-17-14-11-8-5-2/h7,10,16,19,23,25,29-30,32-33,35-36,38-39,41-42,44-45,70H,4-6,8-9,11-15,17-18,20-22,24,26-28,31,34,37,40,43,46-69H2,1-3H3/b10-7-,19-16-,25-23-,30-29-,33-32-,36-35-,39-38-,42-41-,45-44-. The molecular formula is C73H124O6. The molecule has 0 amide bonds. The number of carbonyl (C=O) groups excluding carboxylic acids is 3. The van der Waals surface area contributed by atoms with E-state index in [1.54, 1.807) is 0 Å². The quantitative estimate of drug-likeness (QED) is 0.0261. The maximum absolute atomic E-state index is 12.9. The molecule has 0 aliphatic rings. The first-order chi connectivity index (χ1) is 39.0. The van der Waals surface area contributed by atoms with Gasteiger partial charge in [-0.2, -0.15) is 0 Å². The largest absolute Gasteiger partial charge is 0.462 e. The van der Waals surface area contributed by atoms with Gasteiger partial charge in [0.1, 0.15) is 13.2 Å². The summed E-state index contributed by atoms with van der Waals surface area (Å²) in [6, 6.07) is 0. The lowest BCUT2D eigenvalue weighted by Crippen LogP contribution is -2.30. The summed E-state index contributed by atoms with van der Waals surface area (Å²) in [5, 5.41) is 0. The number of hydrogen-bond acceptors (Lipinski definition) is 6. The Morgan fingerprint density at radius 1 is 0.266 bits per heavy atom. The summed E-state index contributed by atoms with van der Waals surface area (Å²) < 4.78 is 16.9. The Hall–Kier alpha value is -3.93. The van der Waals surface area contributed by atoms with E-state index in [0.717, 1.165) is 122 Å². The molecule has 0 radical (unpaired) electrons. The van der Waals surface area contributed by atoms with Crippen LogP contribution in [0.15, 0.2) is 109 Å². The van der Waals surface area contributed by atoms with E-state index >= 15 is 0 Å². The highest BCUT2D eigenvalue weighted by Crippen LogP contribution is 2.17. The number of unbranched alkanes of at least 4 members (excludes halogenated alkanes) is 31. The van der Waals surface area contributed by atoms with Crippen molar-refractivity contribution in [1.29, 1.82) is 0 Å². The molecule has 0 aliphatic heterocycles. The van der Waals surface area contributed by atoms with Crippen molar-refractivity contribution in [3.05, 3.63) is 109 Å². The monoisotopic (exact) mass is 1100 g/mol. The van der Waals surface area contributed by atoms with E-state index in [2.05, 4.69) is 130 Å². The first-order valence-corrected chi connectivity index (χ1v) is 33.4. The molecule has 0 aromatic heterocycles. The molecule has 79 heavy (non-hydrogen) atoms. The minimum Gasteiger partial charge on any atom is -0.462 e. The summed E-state index contributed by atoms with van der Waals surface area (Å²) in [4.78, 5) is 38.1. The van der Waals surface area contributed by atoms with Crippen LogP contribution in [0.3, 0.4) is 0 Å². The molecule has 452 valence electrons. The highest BCUT2D eigenvalue weighted by atomic mass is 16.6. The first kappa shape index (κ1) is 75.1. The summed E-state index contributed by atoms with van der Waals surface area (Å²) in [5.74, 6) is -0.882.